The van der Waals surface area contributed by atoms with Crippen molar-refractivity contribution in [1.82, 2.24) is 5.32 Å². The van der Waals surface area contributed by atoms with Gasteiger partial charge in [-0.2, -0.15) is 0 Å². The Hall–Kier alpha value is -0.570. The molecule has 3 heteroatoms. The van der Waals surface area contributed by atoms with Crippen molar-refractivity contribution >= 4 is 5.97 Å². The number of rotatable bonds is 1. The zero-order valence-corrected chi connectivity index (χ0v) is 9.26. The van der Waals surface area contributed by atoms with Crippen molar-refractivity contribution in [3.63, 3.8) is 0 Å². The summed E-state index contributed by atoms with van der Waals surface area (Å²) in [5.74, 6) is -0.734. The van der Waals surface area contributed by atoms with E-state index in [4.69, 9.17) is 5.11 Å². The van der Waals surface area contributed by atoms with Gasteiger partial charge in [0.05, 0.1) is 5.92 Å². The van der Waals surface area contributed by atoms with Crippen molar-refractivity contribution in [1.29, 1.82) is 0 Å². The first-order valence-corrected chi connectivity index (χ1v) is 5.24. The van der Waals surface area contributed by atoms with Gasteiger partial charge in [-0.25, -0.2) is 0 Å². The number of hydrogen-bond donors (Lipinski definition) is 2. The second kappa shape index (κ2) is 11.4. The lowest BCUT2D eigenvalue weighted by atomic mass is 9.99. The van der Waals surface area contributed by atoms with Crippen molar-refractivity contribution in [2.24, 2.45) is 5.92 Å². The summed E-state index contributed by atoms with van der Waals surface area (Å²) < 4.78 is 0. The average molecular weight is 189 g/mol. The van der Waals surface area contributed by atoms with Crippen LogP contribution in [0, 0.1) is 5.92 Å². The zero-order chi connectivity index (χ0) is 10.7. The monoisotopic (exact) mass is 189 g/mol. The average Bonchev–Trinajstić information content (AvgIpc) is 2.25. The van der Waals surface area contributed by atoms with Crippen LogP contribution in [0.3, 0.4) is 0 Å². The van der Waals surface area contributed by atoms with Crippen LogP contribution in [0.4, 0.5) is 0 Å². The smallest absolute Gasteiger partial charge is 0.306 e. The maximum Gasteiger partial charge on any atom is 0.306 e. The summed E-state index contributed by atoms with van der Waals surface area (Å²) in [4.78, 5) is 10.3. The van der Waals surface area contributed by atoms with Gasteiger partial charge in [0.2, 0.25) is 0 Å². The maximum atomic E-state index is 10.3. The molecule has 1 aliphatic rings. The summed E-state index contributed by atoms with van der Waals surface area (Å²) in [5.41, 5.74) is 0. The Labute approximate surface area is 81.5 Å². The third kappa shape index (κ3) is 7.78. The summed E-state index contributed by atoms with van der Waals surface area (Å²) in [5, 5.41) is 11.6. The number of nitrogens with one attached hydrogen (secondary N) is 1. The highest BCUT2D eigenvalue weighted by atomic mass is 16.4. The molecule has 2 N–H and O–H groups in total. The molecule has 3 nitrogen and oxygen atoms in total. The normalized spacial score (nSPS) is 16.0. The van der Waals surface area contributed by atoms with Gasteiger partial charge in [0.15, 0.2) is 0 Å². The van der Waals surface area contributed by atoms with Gasteiger partial charge in [-0.3, -0.25) is 4.79 Å². The van der Waals surface area contributed by atoms with E-state index in [1.165, 1.54) is 0 Å². The number of piperidine rings is 1. The quantitative estimate of drug-likeness (QED) is 0.664. The van der Waals surface area contributed by atoms with Gasteiger partial charge in [0.1, 0.15) is 0 Å². The molecule has 80 valence electrons. The largest absolute Gasteiger partial charge is 0.481 e. The summed E-state index contributed by atoms with van der Waals surface area (Å²) in [7, 11) is 0. The van der Waals surface area contributed by atoms with Crippen LogP contribution < -0.4 is 5.32 Å². The van der Waals surface area contributed by atoms with Gasteiger partial charge in [0.25, 0.3) is 0 Å². The van der Waals surface area contributed by atoms with Crippen LogP contribution in [0.1, 0.15) is 40.5 Å². The third-order valence-electron chi connectivity index (χ3n) is 1.69. The third-order valence-corrected chi connectivity index (χ3v) is 1.69. The fourth-order valence-corrected chi connectivity index (χ4v) is 1.07. The minimum absolute atomic E-state index is 0.0914. The highest BCUT2D eigenvalue weighted by Gasteiger charge is 2.18. The minimum Gasteiger partial charge on any atom is -0.481 e. The van der Waals surface area contributed by atoms with Crippen LogP contribution in [-0.4, -0.2) is 24.2 Å². The predicted molar refractivity (Wildman–Crippen MR) is 55.9 cm³/mol. The van der Waals surface area contributed by atoms with Crippen LogP contribution in [0.2, 0.25) is 0 Å². The minimum atomic E-state index is -0.642. The molecule has 0 aromatic heterocycles. The zero-order valence-electron chi connectivity index (χ0n) is 9.26. The Balaban J connectivity index is 0. The van der Waals surface area contributed by atoms with Crippen LogP contribution in [0.5, 0.6) is 0 Å². The van der Waals surface area contributed by atoms with Crippen molar-refractivity contribution < 1.29 is 9.90 Å². The number of hydrogen-bond acceptors (Lipinski definition) is 2. The molecule has 0 amide bonds. The summed E-state index contributed by atoms with van der Waals surface area (Å²) in [6, 6.07) is 0. The van der Waals surface area contributed by atoms with Gasteiger partial charge < -0.3 is 10.4 Å². The molecule has 1 heterocycles. The second-order valence-electron chi connectivity index (χ2n) is 2.36. The molecule has 0 atom stereocenters. The Kier molecular flexibility index (Phi) is 13.1. The molecule has 0 saturated carbocycles. The Morgan fingerprint density at radius 1 is 1.15 bits per heavy atom. The Bertz CT molecular complexity index is 109. The van der Waals surface area contributed by atoms with E-state index in [1.807, 2.05) is 27.7 Å². The molecular weight excluding hydrogens is 166 g/mol. The molecule has 1 saturated heterocycles. The van der Waals surface area contributed by atoms with Gasteiger partial charge in [-0.05, 0) is 25.9 Å². The van der Waals surface area contributed by atoms with Crippen molar-refractivity contribution in [2.45, 2.75) is 40.5 Å². The SMILES string of the molecule is CC.CC.O=C(O)C1CCNCC1. The fraction of sp³-hybridized carbons (Fsp3) is 0.900. The summed E-state index contributed by atoms with van der Waals surface area (Å²) in [6.07, 6.45) is 1.57. The first-order chi connectivity index (χ1) is 6.30. The van der Waals surface area contributed by atoms with E-state index < -0.39 is 5.97 Å². The lowest BCUT2D eigenvalue weighted by Gasteiger charge is -2.17. The van der Waals surface area contributed by atoms with Crippen LogP contribution in [0.25, 0.3) is 0 Å². The number of carboxylic acids is 1. The molecular formula is C10H23NO2. The maximum absolute atomic E-state index is 10.3. The van der Waals surface area contributed by atoms with E-state index in [1.54, 1.807) is 0 Å². The molecule has 1 fully saturated rings. The molecule has 0 aromatic rings. The van der Waals surface area contributed by atoms with E-state index in [2.05, 4.69) is 5.32 Å². The van der Waals surface area contributed by atoms with Crippen LogP contribution >= 0.6 is 0 Å². The molecule has 0 unspecified atom stereocenters. The highest BCUT2D eigenvalue weighted by molar-refractivity contribution is 5.70. The van der Waals surface area contributed by atoms with Gasteiger partial charge in [-0.1, -0.05) is 27.7 Å². The number of carboxylic acid groups (broad SMARTS) is 1. The summed E-state index contributed by atoms with van der Waals surface area (Å²) >= 11 is 0. The van der Waals surface area contributed by atoms with Crippen molar-refractivity contribution in [2.75, 3.05) is 13.1 Å². The molecule has 0 bridgehead atoms. The lowest BCUT2D eigenvalue weighted by molar-refractivity contribution is -0.142. The standard InChI is InChI=1S/C6H11NO2.2C2H6/c8-6(9)5-1-3-7-4-2-5;2*1-2/h5,7H,1-4H2,(H,8,9);2*1-2H3. The first-order valence-electron chi connectivity index (χ1n) is 5.24. The number of carbonyl (C=O) groups is 1. The molecule has 13 heavy (non-hydrogen) atoms. The first kappa shape index (κ1) is 14.9. The Morgan fingerprint density at radius 3 is 1.77 bits per heavy atom. The number of aliphatic carboxylic acids is 1. The Morgan fingerprint density at radius 2 is 1.54 bits per heavy atom. The van der Waals surface area contributed by atoms with E-state index in [0.29, 0.717) is 0 Å². The van der Waals surface area contributed by atoms with Crippen LogP contribution in [-0.2, 0) is 4.79 Å². The molecule has 0 radical (unpaired) electrons. The summed E-state index contributed by atoms with van der Waals surface area (Å²) in [6.45, 7) is 9.72. The van der Waals surface area contributed by atoms with Gasteiger partial charge in [-0.15, -0.1) is 0 Å². The molecule has 0 spiro atoms. The molecule has 0 aliphatic carbocycles. The highest BCUT2D eigenvalue weighted by Crippen LogP contribution is 2.10. The molecule has 1 aliphatic heterocycles. The molecule has 1 rings (SSSR count). The fourth-order valence-electron chi connectivity index (χ4n) is 1.07. The predicted octanol–water partition coefficient (Wildman–Crippen LogP) is 2.12. The topological polar surface area (TPSA) is 49.3 Å². The van der Waals surface area contributed by atoms with Crippen LogP contribution in [0.15, 0.2) is 0 Å². The van der Waals surface area contributed by atoms with E-state index >= 15 is 0 Å². The van der Waals surface area contributed by atoms with E-state index in [-0.39, 0.29) is 5.92 Å². The van der Waals surface area contributed by atoms with Crippen molar-refractivity contribution in [3.8, 4) is 0 Å². The lowest BCUT2D eigenvalue weighted by Crippen LogP contribution is -2.31. The van der Waals surface area contributed by atoms with Crippen molar-refractivity contribution in [3.05, 3.63) is 0 Å². The van der Waals surface area contributed by atoms with Gasteiger partial charge in [0, 0.05) is 0 Å². The van der Waals surface area contributed by atoms with E-state index in [9.17, 15) is 4.79 Å². The molecule has 0 aromatic carbocycles. The second-order valence-corrected chi connectivity index (χ2v) is 2.36. The van der Waals surface area contributed by atoms with Gasteiger partial charge >= 0.3 is 5.97 Å². The van der Waals surface area contributed by atoms with E-state index in [0.717, 1.165) is 25.9 Å².